The second kappa shape index (κ2) is 5.61. The Morgan fingerprint density at radius 2 is 2.14 bits per heavy atom. The molecule has 2 aliphatic heterocycles. The third-order valence-electron chi connectivity index (χ3n) is 3.89. The van der Waals surface area contributed by atoms with Gasteiger partial charge in [-0.15, -0.1) is 0 Å². The third kappa shape index (κ3) is 2.33. The molecule has 3 rings (SSSR count). The highest BCUT2D eigenvalue weighted by Crippen LogP contribution is 2.38. The molecular formula is C15H15ClN2O4. The summed E-state index contributed by atoms with van der Waals surface area (Å²) in [6, 6.07) is 2.82. The van der Waals surface area contributed by atoms with Crippen LogP contribution in [0.4, 0.5) is 0 Å². The smallest absolute Gasteiger partial charge is 0.259 e. The Kier molecular flexibility index (Phi) is 3.78. The molecule has 22 heavy (non-hydrogen) atoms. The Hall–Kier alpha value is -2.08. The van der Waals surface area contributed by atoms with Gasteiger partial charge in [-0.3, -0.25) is 19.7 Å². The molecular weight excluding hydrogens is 308 g/mol. The summed E-state index contributed by atoms with van der Waals surface area (Å²) in [5.74, 6) is -0.651. The van der Waals surface area contributed by atoms with Crippen molar-refractivity contribution in [2.75, 3.05) is 6.61 Å². The summed E-state index contributed by atoms with van der Waals surface area (Å²) in [6.45, 7) is 2.52. The van der Waals surface area contributed by atoms with E-state index in [0.717, 1.165) is 5.56 Å². The Morgan fingerprint density at radius 1 is 1.36 bits per heavy atom. The molecule has 0 bridgehead atoms. The first kappa shape index (κ1) is 14.8. The van der Waals surface area contributed by atoms with E-state index in [9.17, 15) is 14.4 Å². The minimum Gasteiger partial charge on any atom is -0.491 e. The van der Waals surface area contributed by atoms with Gasteiger partial charge in [0.25, 0.3) is 5.91 Å². The number of piperidine rings is 1. The van der Waals surface area contributed by atoms with Crippen LogP contribution in [0, 0.1) is 0 Å². The quantitative estimate of drug-likeness (QED) is 0.856. The van der Waals surface area contributed by atoms with E-state index in [4.69, 9.17) is 16.3 Å². The molecule has 0 radical (unpaired) electrons. The average molecular weight is 323 g/mol. The fraction of sp³-hybridized carbons (Fsp3) is 0.400. The lowest BCUT2D eigenvalue weighted by molar-refractivity contribution is -0.136. The summed E-state index contributed by atoms with van der Waals surface area (Å²) >= 11 is 6.11. The van der Waals surface area contributed by atoms with Gasteiger partial charge in [-0.2, -0.15) is 0 Å². The number of ether oxygens (including phenoxy) is 1. The van der Waals surface area contributed by atoms with Gasteiger partial charge in [0.15, 0.2) is 5.75 Å². The molecule has 1 unspecified atom stereocenters. The van der Waals surface area contributed by atoms with E-state index in [1.165, 1.54) is 4.90 Å². The van der Waals surface area contributed by atoms with Crippen molar-refractivity contribution in [3.63, 3.8) is 0 Å². The van der Waals surface area contributed by atoms with Gasteiger partial charge in [0.2, 0.25) is 11.8 Å². The molecule has 0 aliphatic carbocycles. The number of halogens is 1. The minimum absolute atomic E-state index is 0.232. The zero-order chi connectivity index (χ0) is 15.9. The monoisotopic (exact) mass is 322 g/mol. The standard InChI is InChI=1S/C15H15ClN2O4/c1-2-22-13-9(16)4-3-8-7-18(15(21)12(8)13)10-5-6-11(19)17-14(10)20/h3-4,10H,2,5-7H2,1H3,(H,17,19,20). The van der Waals surface area contributed by atoms with Gasteiger partial charge in [0.1, 0.15) is 6.04 Å². The molecule has 1 saturated heterocycles. The molecule has 1 aromatic carbocycles. The number of carbonyl (C=O) groups excluding carboxylic acids is 3. The normalized spacial score (nSPS) is 20.9. The number of hydrogen-bond donors (Lipinski definition) is 1. The Morgan fingerprint density at radius 3 is 2.82 bits per heavy atom. The summed E-state index contributed by atoms with van der Waals surface area (Å²) in [5, 5.41) is 2.65. The van der Waals surface area contributed by atoms with E-state index in [0.29, 0.717) is 35.9 Å². The van der Waals surface area contributed by atoms with Gasteiger partial charge in [-0.1, -0.05) is 17.7 Å². The number of nitrogens with one attached hydrogen (secondary N) is 1. The van der Waals surface area contributed by atoms with Crippen LogP contribution >= 0.6 is 11.6 Å². The van der Waals surface area contributed by atoms with Gasteiger partial charge < -0.3 is 9.64 Å². The van der Waals surface area contributed by atoms with Crippen LogP contribution in [0.1, 0.15) is 35.7 Å². The van der Waals surface area contributed by atoms with Crippen LogP contribution in [0.3, 0.4) is 0 Å². The Balaban J connectivity index is 1.93. The predicted octanol–water partition coefficient (Wildman–Crippen LogP) is 1.50. The molecule has 7 heteroatoms. The van der Waals surface area contributed by atoms with E-state index in [-0.39, 0.29) is 18.2 Å². The molecule has 0 spiro atoms. The molecule has 6 nitrogen and oxygen atoms in total. The van der Waals surface area contributed by atoms with Crippen LogP contribution in [0.2, 0.25) is 5.02 Å². The number of nitrogens with zero attached hydrogens (tertiary/aromatic N) is 1. The highest BCUT2D eigenvalue weighted by atomic mass is 35.5. The molecule has 116 valence electrons. The highest BCUT2D eigenvalue weighted by Gasteiger charge is 2.40. The van der Waals surface area contributed by atoms with Crippen LogP contribution < -0.4 is 10.1 Å². The maximum absolute atomic E-state index is 12.7. The minimum atomic E-state index is -0.633. The largest absolute Gasteiger partial charge is 0.491 e. The molecule has 2 aliphatic rings. The summed E-state index contributed by atoms with van der Waals surface area (Å²) < 4.78 is 5.50. The Labute approximate surface area is 132 Å². The van der Waals surface area contributed by atoms with Crippen LogP contribution in [-0.2, 0) is 16.1 Å². The van der Waals surface area contributed by atoms with Crippen molar-refractivity contribution in [1.82, 2.24) is 10.2 Å². The van der Waals surface area contributed by atoms with Gasteiger partial charge in [0, 0.05) is 13.0 Å². The number of rotatable bonds is 3. The predicted molar refractivity (Wildman–Crippen MR) is 78.7 cm³/mol. The number of benzene rings is 1. The highest BCUT2D eigenvalue weighted by molar-refractivity contribution is 6.33. The van der Waals surface area contributed by atoms with Crippen LogP contribution in [0.5, 0.6) is 5.75 Å². The third-order valence-corrected chi connectivity index (χ3v) is 4.18. The van der Waals surface area contributed by atoms with Crippen LogP contribution in [-0.4, -0.2) is 35.3 Å². The van der Waals surface area contributed by atoms with E-state index in [2.05, 4.69) is 5.32 Å². The summed E-state index contributed by atoms with van der Waals surface area (Å²) in [7, 11) is 0. The van der Waals surface area contributed by atoms with E-state index >= 15 is 0 Å². The number of imide groups is 1. The molecule has 0 aromatic heterocycles. The summed E-state index contributed by atoms with van der Waals surface area (Å²) in [6.07, 6.45) is 0.567. The molecule has 3 amide bonds. The van der Waals surface area contributed by atoms with E-state index < -0.39 is 11.9 Å². The molecule has 2 heterocycles. The average Bonchev–Trinajstić information content (AvgIpc) is 2.80. The van der Waals surface area contributed by atoms with Crippen molar-refractivity contribution in [3.05, 3.63) is 28.3 Å². The second-order valence-corrected chi connectivity index (χ2v) is 5.65. The van der Waals surface area contributed by atoms with E-state index in [1.54, 1.807) is 12.1 Å². The fourth-order valence-corrected chi connectivity index (χ4v) is 3.09. The summed E-state index contributed by atoms with van der Waals surface area (Å²) in [5.41, 5.74) is 1.20. The molecule has 1 fully saturated rings. The summed E-state index contributed by atoms with van der Waals surface area (Å²) in [4.78, 5) is 37.4. The molecule has 1 N–H and O–H groups in total. The topological polar surface area (TPSA) is 75.7 Å². The van der Waals surface area contributed by atoms with Gasteiger partial charge >= 0.3 is 0 Å². The number of hydrogen-bond acceptors (Lipinski definition) is 4. The lowest BCUT2D eigenvalue weighted by Crippen LogP contribution is -2.52. The van der Waals surface area contributed by atoms with Crippen LogP contribution in [0.15, 0.2) is 12.1 Å². The number of fused-ring (bicyclic) bond motifs is 1. The molecule has 1 atom stereocenters. The maximum Gasteiger partial charge on any atom is 0.259 e. The molecule has 0 saturated carbocycles. The van der Waals surface area contributed by atoms with Crippen molar-refractivity contribution in [3.8, 4) is 5.75 Å². The van der Waals surface area contributed by atoms with Gasteiger partial charge in [0.05, 0.1) is 17.2 Å². The second-order valence-electron chi connectivity index (χ2n) is 5.24. The van der Waals surface area contributed by atoms with Crippen molar-refractivity contribution in [2.45, 2.75) is 32.4 Å². The van der Waals surface area contributed by atoms with Crippen molar-refractivity contribution in [1.29, 1.82) is 0 Å². The van der Waals surface area contributed by atoms with Gasteiger partial charge in [-0.05, 0) is 25.0 Å². The fourth-order valence-electron chi connectivity index (χ4n) is 2.88. The number of amides is 3. The first-order chi connectivity index (χ1) is 10.5. The first-order valence-corrected chi connectivity index (χ1v) is 7.49. The van der Waals surface area contributed by atoms with Crippen LogP contribution in [0.25, 0.3) is 0 Å². The van der Waals surface area contributed by atoms with Gasteiger partial charge in [-0.25, -0.2) is 0 Å². The van der Waals surface area contributed by atoms with Crippen molar-refractivity contribution in [2.24, 2.45) is 0 Å². The molecule has 1 aromatic rings. The lowest BCUT2D eigenvalue weighted by Gasteiger charge is -2.29. The lowest BCUT2D eigenvalue weighted by atomic mass is 10.0. The maximum atomic E-state index is 12.7. The Bertz CT molecular complexity index is 674. The van der Waals surface area contributed by atoms with E-state index in [1.807, 2.05) is 6.92 Å². The van der Waals surface area contributed by atoms with Crippen molar-refractivity contribution < 1.29 is 19.1 Å². The SMILES string of the molecule is CCOc1c(Cl)ccc2c1C(=O)N(C1CCC(=O)NC1=O)C2. The first-order valence-electron chi connectivity index (χ1n) is 7.11. The zero-order valence-corrected chi connectivity index (χ0v) is 12.8. The number of carbonyl (C=O) groups is 3. The zero-order valence-electron chi connectivity index (χ0n) is 12.0. The van der Waals surface area contributed by atoms with Crippen molar-refractivity contribution >= 4 is 29.3 Å².